The topological polar surface area (TPSA) is 82.1 Å². The van der Waals surface area contributed by atoms with E-state index in [1.54, 1.807) is 6.07 Å². The maximum absolute atomic E-state index is 10.9. The van der Waals surface area contributed by atoms with Gasteiger partial charge in [0.15, 0.2) is 5.58 Å². The molecule has 0 N–H and O–H groups in total. The van der Waals surface area contributed by atoms with Gasteiger partial charge in [0.25, 0.3) is 5.69 Å². The molecule has 2 aromatic heterocycles. The molecule has 0 atom stereocenters. The van der Waals surface area contributed by atoms with Crippen LogP contribution in [0.2, 0.25) is 0 Å². The molecule has 3 aromatic rings. The molecule has 0 saturated carbocycles. The van der Waals surface area contributed by atoms with Crippen LogP contribution in [0, 0.1) is 10.1 Å². The number of oxazole rings is 1. The monoisotopic (exact) mass is 255 g/mol. The molecular weight excluding hydrogens is 246 g/mol. The first-order valence-electron chi connectivity index (χ1n) is 5.67. The fourth-order valence-corrected chi connectivity index (χ4v) is 1.87. The fourth-order valence-electron chi connectivity index (χ4n) is 1.87. The van der Waals surface area contributed by atoms with Crippen LogP contribution in [0.25, 0.3) is 11.1 Å². The molecule has 6 nitrogen and oxygen atoms in total. The summed E-state index contributed by atoms with van der Waals surface area (Å²) in [6.45, 7) is 0. The standard InChI is InChI=1S/C13H9N3O3/c17-16(18)11-5-3-7-14-10(11)8-13-15-9-4-1-2-6-12(9)19-13/h1-7H,8H2. The summed E-state index contributed by atoms with van der Waals surface area (Å²) in [6.07, 6.45) is 1.72. The molecule has 0 aliphatic rings. The highest BCUT2D eigenvalue weighted by atomic mass is 16.6. The Balaban J connectivity index is 1.99. The predicted octanol–water partition coefficient (Wildman–Crippen LogP) is 2.72. The molecule has 1 aromatic carbocycles. The van der Waals surface area contributed by atoms with Gasteiger partial charge < -0.3 is 4.42 Å². The molecule has 6 heteroatoms. The van der Waals surface area contributed by atoms with Crippen LogP contribution in [0.5, 0.6) is 0 Å². The Labute approximate surface area is 107 Å². The smallest absolute Gasteiger partial charge is 0.291 e. The molecule has 0 aliphatic heterocycles. The van der Waals surface area contributed by atoms with Gasteiger partial charge in [-0.2, -0.15) is 0 Å². The summed E-state index contributed by atoms with van der Waals surface area (Å²) >= 11 is 0. The number of rotatable bonds is 3. The number of hydrogen-bond acceptors (Lipinski definition) is 5. The van der Waals surface area contributed by atoms with E-state index in [1.807, 2.05) is 18.2 Å². The van der Waals surface area contributed by atoms with Crippen LogP contribution in [0.15, 0.2) is 47.0 Å². The zero-order valence-corrected chi connectivity index (χ0v) is 9.81. The molecular formula is C13H9N3O3. The molecule has 3 rings (SSSR count). The lowest BCUT2D eigenvalue weighted by molar-refractivity contribution is -0.385. The normalized spacial score (nSPS) is 10.7. The Kier molecular flexibility index (Phi) is 2.68. The minimum absolute atomic E-state index is 0.0234. The fraction of sp³-hybridized carbons (Fsp3) is 0.0769. The lowest BCUT2D eigenvalue weighted by Gasteiger charge is -1.97. The predicted molar refractivity (Wildman–Crippen MR) is 67.7 cm³/mol. The van der Waals surface area contributed by atoms with E-state index >= 15 is 0 Å². The van der Waals surface area contributed by atoms with Crippen molar-refractivity contribution in [2.75, 3.05) is 0 Å². The van der Waals surface area contributed by atoms with Gasteiger partial charge in [-0.25, -0.2) is 4.98 Å². The third kappa shape index (κ3) is 2.15. The highest BCUT2D eigenvalue weighted by molar-refractivity contribution is 5.72. The van der Waals surface area contributed by atoms with E-state index in [0.29, 0.717) is 17.2 Å². The Hall–Kier alpha value is -2.76. The average molecular weight is 255 g/mol. The Morgan fingerprint density at radius 2 is 2.05 bits per heavy atom. The van der Waals surface area contributed by atoms with Gasteiger partial charge in [-0.15, -0.1) is 0 Å². The van der Waals surface area contributed by atoms with Gasteiger partial charge in [0.1, 0.15) is 11.2 Å². The number of hydrogen-bond donors (Lipinski definition) is 0. The number of para-hydroxylation sites is 2. The van der Waals surface area contributed by atoms with Crippen molar-refractivity contribution >= 4 is 16.8 Å². The van der Waals surface area contributed by atoms with Crippen LogP contribution in [0.4, 0.5) is 5.69 Å². The minimum atomic E-state index is -0.453. The van der Waals surface area contributed by atoms with E-state index in [-0.39, 0.29) is 12.1 Å². The van der Waals surface area contributed by atoms with E-state index in [0.717, 1.165) is 5.52 Å². The van der Waals surface area contributed by atoms with Gasteiger partial charge in [-0.3, -0.25) is 15.1 Å². The van der Waals surface area contributed by atoms with E-state index in [4.69, 9.17) is 4.42 Å². The van der Waals surface area contributed by atoms with Gasteiger partial charge in [0.2, 0.25) is 5.89 Å². The van der Waals surface area contributed by atoms with Crippen LogP contribution < -0.4 is 0 Å². The number of pyridine rings is 1. The van der Waals surface area contributed by atoms with E-state index in [2.05, 4.69) is 9.97 Å². The molecule has 19 heavy (non-hydrogen) atoms. The number of nitro groups is 1. The minimum Gasteiger partial charge on any atom is -0.440 e. The van der Waals surface area contributed by atoms with Crippen LogP contribution in [0.1, 0.15) is 11.6 Å². The van der Waals surface area contributed by atoms with Gasteiger partial charge in [0, 0.05) is 12.3 Å². The van der Waals surface area contributed by atoms with Gasteiger partial charge >= 0.3 is 0 Å². The molecule has 0 unspecified atom stereocenters. The molecule has 0 bridgehead atoms. The summed E-state index contributed by atoms with van der Waals surface area (Å²) in [5.74, 6) is 0.419. The summed E-state index contributed by atoms with van der Waals surface area (Å²) in [5.41, 5.74) is 1.72. The quantitative estimate of drug-likeness (QED) is 0.530. The third-order valence-electron chi connectivity index (χ3n) is 2.72. The number of nitrogens with zero attached hydrogens (tertiary/aromatic N) is 3. The second kappa shape index (κ2) is 4.49. The summed E-state index contributed by atoms with van der Waals surface area (Å²) in [5, 5.41) is 10.9. The average Bonchev–Trinajstić information content (AvgIpc) is 2.81. The third-order valence-corrected chi connectivity index (χ3v) is 2.72. The zero-order chi connectivity index (χ0) is 13.2. The first-order valence-corrected chi connectivity index (χ1v) is 5.67. The van der Waals surface area contributed by atoms with Crippen molar-refractivity contribution in [2.45, 2.75) is 6.42 Å². The first-order chi connectivity index (χ1) is 9.24. The summed E-state index contributed by atoms with van der Waals surface area (Å²) in [7, 11) is 0. The molecule has 0 amide bonds. The molecule has 0 radical (unpaired) electrons. The van der Waals surface area contributed by atoms with E-state index in [1.165, 1.54) is 18.3 Å². The summed E-state index contributed by atoms with van der Waals surface area (Å²) < 4.78 is 5.53. The van der Waals surface area contributed by atoms with Crippen molar-refractivity contribution in [3.8, 4) is 0 Å². The van der Waals surface area contributed by atoms with Crippen LogP contribution in [-0.4, -0.2) is 14.9 Å². The zero-order valence-electron chi connectivity index (χ0n) is 9.81. The number of benzene rings is 1. The van der Waals surface area contributed by atoms with Crippen molar-refractivity contribution in [3.63, 3.8) is 0 Å². The lowest BCUT2D eigenvalue weighted by Crippen LogP contribution is -1.99. The number of aromatic nitrogens is 2. The molecule has 0 fully saturated rings. The van der Waals surface area contributed by atoms with Gasteiger partial charge in [0.05, 0.1) is 11.3 Å². The van der Waals surface area contributed by atoms with Crippen LogP contribution in [-0.2, 0) is 6.42 Å². The Morgan fingerprint density at radius 1 is 1.21 bits per heavy atom. The Bertz CT molecular complexity index is 718. The maximum Gasteiger partial charge on any atom is 0.291 e. The second-order valence-corrected chi connectivity index (χ2v) is 3.98. The Morgan fingerprint density at radius 3 is 2.84 bits per heavy atom. The van der Waals surface area contributed by atoms with Gasteiger partial charge in [-0.05, 0) is 18.2 Å². The molecule has 0 aliphatic carbocycles. The number of fused-ring (bicyclic) bond motifs is 1. The van der Waals surface area contributed by atoms with E-state index < -0.39 is 4.92 Å². The molecule has 0 saturated heterocycles. The molecule has 2 heterocycles. The van der Waals surface area contributed by atoms with Crippen molar-refractivity contribution in [2.24, 2.45) is 0 Å². The first kappa shape index (κ1) is 11.3. The van der Waals surface area contributed by atoms with Crippen molar-refractivity contribution in [3.05, 3.63) is 64.3 Å². The van der Waals surface area contributed by atoms with Crippen LogP contribution >= 0.6 is 0 Å². The van der Waals surface area contributed by atoms with Crippen molar-refractivity contribution in [1.29, 1.82) is 0 Å². The summed E-state index contributed by atoms with van der Waals surface area (Å²) in [4.78, 5) is 18.7. The highest BCUT2D eigenvalue weighted by Crippen LogP contribution is 2.21. The van der Waals surface area contributed by atoms with Crippen LogP contribution in [0.3, 0.4) is 0 Å². The highest BCUT2D eigenvalue weighted by Gasteiger charge is 2.17. The van der Waals surface area contributed by atoms with Gasteiger partial charge in [-0.1, -0.05) is 12.1 Å². The lowest BCUT2D eigenvalue weighted by atomic mass is 10.2. The summed E-state index contributed by atoms with van der Waals surface area (Å²) in [6, 6.07) is 10.3. The SMILES string of the molecule is O=[N+]([O-])c1cccnc1Cc1nc2ccccc2o1. The maximum atomic E-state index is 10.9. The molecule has 94 valence electrons. The largest absolute Gasteiger partial charge is 0.440 e. The molecule has 0 spiro atoms. The van der Waals surface area contributed by atoms with E-state index in [9.17, 15) is 10.1 Å². The van der Waals surface area contributed by atoms with Crippen molar-refractivity contribution in [1.82, 2.24) is 9.97 Å². The van der Waals surface area contributed by atoms with Crippen molar-refractivity contribution < 1.29 is 9.34 Å². The second-order valence-electron chi connectivity index (χ2n) is 3.98.